The van der Waals surface area contributed by atoms with E-state index in [1.54, 1.807) is 12.1 Å². The van der Waals surface area contributed by atoms with Crippen LogP contribution in [-0.4, -0.2) is 54.4 Å². The molecule has 0 saturated carbocycles. The molecule has 1 saturated heterocycles. The summed E-state index contributed by atoms with van der Waals surface area (Å²) >= 11 is 6.02. The number of piperazine rings is 1. The standard InChI is InChI=1S/C20H21ClF3N5O2/c21-16-11-14(20(22,23)24)12-26-19(16)29-9-7-28(8-10-29)6-5-17(30)27-15-3-1-13(2-4-15)18(25)31/h1-4,11-12H,5-10H2,(H2,25,31)(H,27,30). The third kappa shape index (κ3) is 6.08. The van der Waals surface area contributed by atoms with Gasteiger partial charge in [0.05, 0.1) is 10.6 Å². The first-order chi connectivity index (χ1) is 14.6. The van der Waals surface area contributed by atoms with Crippen LogP contribution in [0.1, 0.15) is 22.3 Å². The number of benzene rings is 1. The molecule has 0 bridgehead atoms. The lowest BCUT2D eigenvalue weighted by atomic mass is 10.2. The molecule has 7 nitrogen and oxygen atoms in total. The Morgan fingerprint density at radius 3 is 2.32 bits per heavy atom. The summed E-state index contributed by atoms with van der Waals surface area (Å²) in [6, 6.07) is 7.18. The number of pyridine rings is 1. The first-order valence-corrected chi connectivity index (χ1v) is 9.91. The zero-order chi connectivity index (χ0) is 22.6. The monoisotopic (exact) mass is 455 g/mol. The highest BCUT2D eigenvalue weighted by molar-refractivity contribution is 6.33. The normalized spacial score (nSPS) is 15.0. The Balaban J connectivity index is 1.46. The summed E-state index contributed by atoms with van der Waals surface area (Å²) in [5, 5.41) is 2.72. The molecule has 31 heavy (non-hydrogen) atoms. The molecule has 0 unspecified atom stereocenters. The highest BCUT2D eigenvalue weighted by Gasteiger charge is 2.32. The highest BCUT2D eigenvalue weighted by atomic mass is 35.5. The van der Waals surface area contributed by atoms with Crippen molar-refractivity contribution in [1.29, 1.82) is 0 Å². The van der Waals surface area contributed by atoms with Gasteiger partial charge in [-0.25, -0.2) is 4.98 Å². The van der Waals surface area contributed by atoms with Gasteiger partial charge in [0.15, 0.2) is 0 Å². The number of primary amides is 1. The number of anilines is 2. The summed E-state index contributed by atoms with van der Waals surface area (Å²) in [4.78, 5) is 31.0. The average molecular weight is 456 g/mol. The second-order valence-corrected chi connectivity index (χ2v) is 7.50. The number of nitrogens with zero attached hydrogens (tertiary/aromatic N) is 3. The van der Waals surface area contributed by atoms with E-state index < -0.39 is 17.6 Å². The summed E-state index contributed by atoms with van der Waals surface area (Å²) in [5.74, 6) is -0.377. The van der Waals surface area contributed by atoms with Crippen molar-refractivity contribution >= 4 is 34.9 Å². The molecule has 2 amide bonds. The molecule has 0 radical (unpaired) electrons. The Hall–Kier alpha value is -2.85. The van der Waals surface area contributed by atoms with Gasteiger partial charge in [-0.05, 0) is 30.3 Å². The lowest BCUT2D eigenvalue weighted by Crippen LogP contribution is -2.47. The number of hydrogen-bond donors (Lipinski definition) is 2. The fourth-order valence-corrected chi connectivity index (χ4v) is 3.49. The number of amides is 2. The Morgan fingerprint density at radius 1 is 1.13 bits per heavy atom. The Kier molecular flexibility index (Phi) is 7.01. The molecular formula is C20H21ClF3N5O2. The smallest absolute Gasteiger partial charge is 0.366 e. The van der Waals surface area contributed by atoms with Crippen molar-refractivity contribution in [3.63, 3.8) is 0 Å². The van der Waals surface area contributed by atoms with Crippen LogP contribution in [0.3, 0.4) is 0 Å². The van der Waals surface area contributed by atoms with E-state index in [9.17, 15) is 22.8 Å². The van der Waals surface area contributed by atoms with Crippen molar-refractivity contribution in [2.45, 2.75) is 12.6 Å². The molecule has 0 atom stereocenters. The van der Waals surface area contributed by atoms with Gasteiger partial charge in [0.2, 0.25) is 11.8 Å². The summed E-state index contributed by atoms with van der Waals surface area (Å²) in [6.45, 7) is 2.86. The quantitative estimate of drug-likeness (QED) is 0.698. The minimum Gasteiger partial charge on any atom is -0.366 e. The molecule has 1 fully saturated rings. The molecule has 0 spiro atoms. The van der Waals surface area contributed by atoms with Crippen LogP contribution in [0, 0.1) is 0 Å². The third-order valence-corrected chi connectivity index (χ3v) is 5.21. The van der Waals surface area contributed by atoms with E-state index in [4.69, 9.17) is 17.3 Å². The number of aromatic nitrogens is 1. The van der Waals surface area contributed by atoms with Gasteiger partial charge in [-0.1, -0.05) is 11.6 Å². The molecule has 3 N–H and O–H groups in total. The maximum atomic E-state index is 12.8. The minimum atomic E-state index is -4.49. The van der Waals surface area contributed by atoms with Gasteiger partial charge < -0.3 is 16.0 Å². The Bertz CT molecular complexity index is 945. The van der Waals surface area contributed by atoms with E-state index in [1.165, 1.54) is 12.1 Å². The van der Waals surface area contributed by atoms with Crippen LogP contribution in [0.15, 0.2) is 36.5 Å². The number of nitrogens with one attached hydrogen (secondary N) is 1. The summed E-state index contributed by atoms with van der Waals surface area (Å²) < 4.78 is 38.3. The zero-order valence-corrected chi connectivity index (χ0v) is 17.2. The van der Waals surface area contributed by atoms with E-state index in [1.807, 2.05) is 4.90 Å². The molecule has 2 aromatic rings. The maximum absolute atomic E-state index is 12.8. The third-order valence-electron chi connectivity index (χ3n) is 4.93. The molecule has 2 heterocycles. The fourth-order valence-electron chi connectivity index (χ4n) is 3.20. The predicted octanol–water partition coefficient (Wildman–Crippen LogP) is 3.00. The van der Waals surface area contributed by atoms with Gasteiger partial charge in [0.25, 0.3) is 0 Å². The largest absolute Gasteiger partial charge is 0.417 e. The van der Waals surface area contributed by atoms with Gasteiger partial charge in [0, 0.05) is 56.6 Å². The van der Waals surface area contributed by atoms with E-state index >= 15 is 0 Å². The van der Waals surface area contributed by atoms with Gasteiger partial charge in [-0.2, -0.15) is 13.2 Å². The van der Waals surface area contributed by atoms with E-state index in [-0.39, 0.29) is 17.4 Å². The van der Waals surface area contributed by atoms with Crippen molar-refractivity contribution in [3.8, 4) is 0 Å². The molecule has 0 aliphatic carbocycles. The number of hydrogen-bond acceptors (Lipinski definition) is 5. The van der Waals surface area contributed by atoms with E-state index in [2.05, 4.69) is 15.2 Å². The van der Waals surface area contributed by atoms with Crippen LogP contribution in [0.2, 0.25) is 5.02 Å². The number of rotatable bonds is 6. The summed E-state index contributed by atoms with van der Waals surface area (Å²) in [5.41, 5.74) is 5.24. The number of carbonyl (C=O) groups excluding carboxylic acids is 2. The SMILES string of the molecule is NC(=O)c1ccc(NC(=O)CCN2CCN(c3ncc(C(F)(F)F)cc3Cl)CC2)cc1. The number of carbonyl (C=O) groups is 2. The van der Waals surface area contributed by atoms with Gasteiger partial charge in [-0.15, -0.1) is 0 Å². The lowest BCUT2D eigenvalue weighted by molar-refractivity contribution is -0.137. The van der Waals surface area contributed by atoms with Crippen molar-refractivity contribution in [2.24, 2.45) is 5.73 Å². The van der Waals surface area contributed by atoms with Gasteiger partial charge >= 0.3 is 6.18 Å². The highest BCUT2D eigenvalue weighted by Crippen LogP contribution is 2.33. The lowest BCUT2D eigenvalue weighted by Gasteiger charge is -2.35. The van der Waals surface area contributed by atoms with Crippen molar-refractivity contribution in [2.75, 3.05) is 42.9 Å². The van der Waals surface area contributed by atoms with Crippen LogP contribution in [-0.2, 0) is 11.0 Å². The summed E-state index contributed by atoms with van der Waals surface area (Å²) in [6.07, 6.45) is -3.43. The average Bonchev–Trinajstić information content (AvgIpc) is 2.72. The first-order valence-electron chi connectivity index (χ1n) is 9.53. The number of halogens is 4. The first kappa shape index (κ1) is 22.8. The minimum absolute atomic E-state index is 0.0370. The van der Waals surface area contributed by atoms with Crippen LogP contribution in [0.5, 0.6) is 0 Å². The second kappa shape index (κ2) is 9.52. The van der Waals surface area contributed by atoms with Crippen LogP contribution >= 0.6 is 11.6 Å². The molecular weight excluding hydrogens is 435 g/mol. The summed E-state index contributed by atoms with van der Waals surface area (Å²) in [7, 11) is 0. The fraction of sp³-hybridized carbons (Fsp3) is 0.350. The van der Waals surface area contributed by atoms with Crippen molar-refractivity contribution < 1.29 is 22.8 Å². The van der Waals surface area contributed by atoms with Gasteiger partial charge in [-0.3, -0.25) is 14.5 Å². The molecule has 1 aliphatic rings. The number of alkyl halides is 3. The van der Waals surface area contributed by atoms with Crippen LogP contribution in [0.25, 0.3) is 0 Å². The molecule has 1 aromatic carbocycles. The van der Waals surface area contributed by atoms with Crippen LogP contribution < -0.4 is 16.0 Å². The maximum Gasteiger partial charge on any atom is 0.417 e. The molecule has 1 aliphatic heterocycles. The second-order valence-electron chi connectivity index (χ2n) is 7.10. The topological polar surface area (TPSA) is 91.6 Å². The van der Waals surface area contributed by atoms with Gasteiger partial charge in [0.1, 0.15) is 5.82 Å². The Labute approximate surface area is 182 Å². The van der Waals surface area contributed by atoms with E-state index in [0.29, 0.717) is 49.8 Å². The number of nitrogens with two attached hydrogens (primary N) is 1. The molecule has 1 aromatic heterocycles. The zero-order valence-electron chi connectivity index (χ0n) is 16.5. The van der Waals surface area contributed by atoms with Crippen LogP contribution in [0.4, 0.5) is 24.7 Å². The van der Waals surface area contributed by atoms with Crippen molar-refractivity contribution in [1.82, 2.24) is 9.88 Å². The van der Waals surface area contributed by atoms with E-state index in [0.717, 1.165) is 12.3 Å². The molecule has 166 valence electrons. The van der Waals surface area contributed by atoms with Crippen molar-refractivity contribution in [3.05, 3.63) is 52.7 Å². The Morgan fingerprint density at radius 2 is 1.77 bits per heavy atom. The predicted molar refractivity (Wildman–Crippen MR) is 111 cm³/mol. The molecule has 3 rings (SSSR count). The molecule has 11 heteroatoms.